The topological polar surface area (TPSA) is 110 Å². The van der Waals surface area contributed by atoms with Gasteiger partial charge in [-0.15, -0.1) is 0 Å². The third-order valence-corrected chi connectivity index (χ3v) is 6.45. The van der Waals surface area contributed by atoms with Crippen molar-refractivity contribution >= 4 is 27.5 Å². The van der Waals surface area contributed by atoms with E-state index in [1.165, 1.54) is 18.2 Å². The normalized spacial score (nSPS) is 16.6. The molecule has 0 bridgehead atoms. The molecule has 2 aromatic carbocycles. The molecule has 7 nitrogen and oxygen atoms in total. The molecule has 1 heterocycles. The Kier molecular flexibility index (Phi) is 5.75. The van der Waals surface area contributed by atoms with Gasteiger partial charge in [0.1, 0.15) is 12.6 Å². The maximum atomic E-state index is 13.4. The molecular weight excluding hydrogens is 423 g/mol. The quantitative estimate of drug-likeness (QED) is 0.739. The molecule has 1 aliphatic rings. The van der Waals surface area contributed by atoms with Crippen LogP contribution in [0.25, 0.3) is 0 Å². The molecule has 3 N–H and O–H groups in total. The number of benzene rings is 2. The minimum Gasteiger partial charge on any atom is -0.368 e. The van der Waals surface area contributed by atoms with Crippen LogP contribution < -0.4 is 15.4 Å². The van der Waals surface area contributed by atoms with Crippen LogP contribution in [0.3, 0.4) is 0 Å². The van der Waals surface area contributed by atoms with Crippen molar-refractivity contribution in [3.8, 4) is 0 Å². The number of aryl methyl sites for hydroxylation is 1. The highest BCUT2D eigenvalue weighted by Crippen LogP contribution is 2.35. The van der Waals surface area contributed by atoms with Crippen LogP contribution in [0.4, 0.5) is 18.9 Å². The maximum Gasteiger partial charge on any atom is 0.405 e. The first-order valence-corrected chi connectivity index (χ1v) is 10.3. The Morgan fingerprint density at radius 2 is 1.83 bits per heavy atom. The number of nitrogens with one attached hydrogen (secondary N) is 1. The largest absolute Gasteiger partial charge is 0.405 e. The molecule has 11 heteroatoms. The van der Waals surface area contributed by atoms with Crippen molar-refractivity contribution in [3.05, 3.63) is 59.7 Å². The van der Waals surface area contributed by atoms with Gasteiger partial charge in [-0.2, -0.15) is 13.2 Å². The molecule has 0 unspecified atom stereocenters. The molecule has 0 spiro atoms. The number of fused-ring (bicyclic) bond motifs is 1. The number of amides is 2. The Hall–Kier alpha value is -3.08. The summed E-state index contributed by atoms with van der Waals surface area (Å²) < 4.78 is 64.7. The predicted octanol–water partition coefficient (Wildman–Crippen LogP) is 1.97. The Balaban J connectivity index is 2.00. The molecule has 30 heavy (non-hydrogen) atoms. The van der Waals surface area contributed by atoms with Crippen molar-refractivity contribution in [2.75, 3.05) is 10.8 Å². The summed E-state index contributed by atoms with van der Waals surface area (Å²) in [6, 6.07) is 10.1. The summed E-state index contributed by atoms with van der Waals surface area (Å²) in [5, 5.41) is 1.69. The van der Waals surface area contributed by atoms with Crippen LogP contribution in [0.2, 0.25) is 0 Å². The summed E-state index contributed by atoms with van der Waals surface area (Å²) >= 11 is 0. The lowest BCUT2D eigenvalue weighted by Gasteiger charge is -2.36. The van der Waals surface area contributed by atoms with Gasteiger partial charge in [-0.25, -0.2) is 8.42 Å². The zero-order valence-electron chi connectivity index (χ0n) is 15.5. The number of carbonyl (C=O) groups is 2. The van der Waals surface area contributed by atoms with Crippen molar-refractivity contribution < 1.29 is 31.2 Å². The summed E-state index contributed by atoms with van der Waals surface area (Å²) in [5.41, 5.74) is 6.17. The molecule has 1 atom stereocenters. The number of halogens is 3. The minimum absolute atomic E-state index is 0.178. The van der Waals surface area contributed by atoms with E-state index < -0.39 is 40.6 Å². The number of primary amides is 1. The lowest BCUT2D eigenvalue weighted by Crippen LogP contribution is -2.50. The van der Waals surface area contributed by atoms with Crippen molar-refractivity contribution in [1.82, 2.24) is 5.32 Å². The summed E-state index contributed by atoms with van der Waals surface area (Å²) in [7, 11) is -4.34. The van der Waals surface area contributed by atoms with E-state index >= 15 is 0 Å². The molecular formula is C19H18F3N3O4S. The van der Waals surface area contributed by atoms with Gasteiger partial charge < -0.3 is 11.1 Å². The van der Waals surface area contributed by atoms with Crippen molar-refractivity contribution in [2.24, 2.45) is 5.73 Å². The molecule has 1 aliphatic heterocycles. The number of nitrogens with zero attached hydrogens (tertiary/aromatic N) is 1. The van der Waals surface area contributed by atoms with Crippen molar-refractivity contribution in [3.63, 3.8) is 0 Å². The third kappa shape index (κ3) is 4.40. The molecule has 2 amide bonds. The maximum absolute atomic E-state index is 13.4. The third-order valence-electron chi connectivity index (χ3n) is 4.63. The SMILES string of the molecule is NC(=O)[C@H]1CCc2ccccc2N1S(=O)(=O)c1cccc(C(=O)NCC(F)(F)F)c1. The Morgan fingerprint density at radius 1 is 1.13 bits per heavy atom. The van der Waals surface area contributed by atoms with Crippen molar-refractivity contribution in [1.29, 1.82) is 0 Å². The van der Waals surface area contributed by atoms with E-state index in [-0.39, 0.29) is 16.9 Å². The summed E-state index contributed by atoms with van der Waals surface area (Å²) in [4.78, 5) is 23.6. The smallest absolute Gasteiger partial charge is 0.368 e. The van der Waals surface area contributed by atoms with Gasteiger partial charge in [-0.05, 0) is 42.7 Å². The number of alkyl halides is 3. The molecule has 0 aliphatic carbocycles. The molecule has 0 saturated carbocycles. The molecule has 160 valence electrons. The second-order valence-electron chi connectivity index (χ2n) is 6.71. The van der Waals surface area contributed by atoms with Crippen LogP contribution in [0.1, 0.15) is 22.3 Å². The van der Waals surface area contributed by atoms with Crippen molar-refractivity contribution in [2.45, 2.75) is 30.0 Å². The standard InChI is InChI=1S/C19H18F3N3O4S/c20-19(21,22)11-24-18(27)13-5-3-6-14(10-13)30(28,29)25-15-7-2-1-4-12(15)8-9-16(25)17(23)26/h1-7,10,16H,8-9,11H2,(H2,23,26)(H,24,27)/t16-/m1/s1. The lowest BCUT2D eigenvalue weighted by molar-refractivity contribution is -0.123. The number of anilines is 1. The molecule has 0 aromatic heterocycles. The van der Waals surface area contributed by atoms with Gasteiger partial charge >= 0.3 is 6.18 Å². The second kappa shape index (κ2) is 7.98. The van der Waals surface area contributed by atoms with E-state index in [0.717, 1.165) is 10.4 Å². The summed E-state index contributed by atoms with van der Waals surface area (Å²) in [6.07, 6.45) is -3.97. The first kappa shape index (κ1) is 21.6. The molecule has 0 radical (unpaired) electrons. The number of nitrogens with two attached hydrogens (primary N) is 1. The van der Waals surface area contributed by atoms with Gasteiger partial charge in [0.2, 0.25) is 5.91 Å². The molecule has 0 saturated heterocycles. The van der Waals surface area contributed by atoms with Gasteiger partial charge in [0.15, 0.2) is 0 Å². The van der Waals surface area contributed by atoms with E-state index in [9.17, 15) is 31.2 Å². The number of hydrogen-bond acceptors (Lipinski definition) is 4. The van der Waals surface area contributed by atoms with Gasteiger partial charge in [0, 0.05) is 5.56 Å². The van der Waals surface area contributed by atoms with Crippen LogP contribution in [0.5, 0.6) is 0 Å². The minimum atomic E-state index is -4.61. The van der Waals surface area contributed by atoms with Gasteiger partial charge in [-0.3, -0.25) is 13.9 Å². The average molecular weight is 441 g/mol. The number of carbonyl (C=O) groups excluding carboxylic acids is 2. The lowest BCUT2D eigenvalue weighted by atomic mass is 9.98. The molecule has 3 rings (SSSR count). The van der Waals surface area contributed by atoms with E-state index in [4.69, 9.17) is 5.73 Å². The first-order chi connectivity index (χ1) is 14.0. The molecule has 0 fully saturated rings. The number of hydrogen-bond donors (Lipinski definition) is 2. The van der Waals surface area contributed by atoms with Crippen LogP contribution in [0.15, 0.2) is 53.4 Å². The van der Waals surface area contributed by atoms with Crippen LogP contribution >= 0.6 is 0 Å². The van der Waals surface area contributed by atoms with E-state index in [2.05, 4.69) is 0 Å². The van der Waals surface area contributed by atoms with Gasteiger partial charge in [0.05, 0.1) is 10.6 Å². The monoisotopic (exact) mass is 441 g/mol. The van der Waals surface area contributed by atoms with Crippen LogP contribution in [-0.4, -0.2) is 39.0 Å². The average Bonchev–Trinajstić information content (AvgIpc) is 2.70. The van der Waals surface area contributed by atoms with Crippen LogP contribution in [0, 0.1) is 0 Å². The number of rotatable bonds is 5. The Bertz CT molecular complexity index is 1090. The Labute approximate surface area is 170 Å². The van der Waals surface area contributed by atoms with Gasteiger partial charge in [0.25, 0.3) is 15.9 Å². The van der Waals surface area contributed by atoms with Gasteiger partial charge in [-0.1, -0.05) is 24.3 Å². The molecule has 2 aromatic rings. The fourth-order valence-electron chi connectivity index (χ4n) is 3.26. The number of para-hydroxylation sites is 1. The van der Waals surface area contributed by atoms with E-state index in [0.29, 0.717) is 17.7 Å². The first-order valence-electron chi connectivity index (χ1n) is 8.87. The fourth-order valence-corrected chi connectivity index (χ4v) is 5.00. The Morgan fingerprint density at radius 3 is 2.50 bits per heavy atom. The zero-order valence-corrected chi connectivity index (χ0v) is 16.3. The zero-order chi connectivity index (χ0) is 22.1. The van der Waals surface area contributed by atoms with E-state index in [1.54, 1.807) is 29.6 Å². The summed E-state index contributed by atoms with van der Waals surface area (Å²) in [6.45, 7) is -1.55. The predicted molar refractivity (Wildman–Crippen MR) is 102 cm³/mol. The highest BCUT2D eigenvalue weighted by molar-refractivity contribution is 7.93. The number of sulfonamides is 1. The highest BCUT2D eigenvalue weighted by atomic mass is 32.2. The van der Waals surface area contributed by atoms with E-state index in [1.807, 2.05) is 0 Å². The highest BCUT2D eigenvalue weighted by Gasteiger charge is 2.39. The van der Waals surface area contributed by atoms with Crippen LogP contribution in [-0.2, 0) is 21.2 Å². The second-order valence-corrected chi connectivity index (χ2v) is 8.53. The summed E-state index contributed by atoms with van der Waals surface area (Å²) in [5.74, 6) is -1.90. The fraction of sp³-hybridized carbons (Fsp3) is 0.263.